The fraction of sp³-hybridized carbons (Fsp3) is 0.680. The third-order valence-corrected chi connectivity index (χ3v) is 7.95. The van der Waals surface area contributed by atoms with Crippen LogP contribution in [0.1, 0.15) is 57.1 Å². The van der Waals surface area contributed by atoms with E-state index in [4.69, 9.17) is 18.9 Å². The number of benzene rings is 1. The molecule has 7 heteroatoms. The molecular formula is C25H33NO6. The number of rotatable bonds is 7. The lowest BCUT2D eigenvalue weighted by atomic mass is 9.51. The molecule has 2 aliphatic heterocycles. The average Bonchev–Trinajstić information content (AvgIpc) is 3.10. The zero-order valence-electron chi connectivity index (χ0n) is 19.2. The van der Waals surface area contributed by atoms with Crippen molar-refractivity contribution >= 4 is 11.9 Å². The van der Waals surface area contributed by atoms with E-state index in [1.54, 1.807) is 0 Å². The van der Waals surface area contributed by atoms with Crippen molar-refractivity contribution in [3.8, 4) is 11.5 Å². The average molecular weight is 444 g/mol. The van der Waals surface area contributed by atoms with E-state index in [1.807, 2.05) is 6.07 Å². The summed E-state index contributed by atoms with van der Waals surface area (Å²) in [4.78, 5) is 25.2. The molecule has 0 N–H and O–H groups in total. The molecule has 0 aromatic heterocycles. The number of hydrogen-bond acceptors (Lipinski definition) is 7. The van der Waals surface area contributed by atoms with E-state index in [0.29, 0.717) is 30.9 Å². The Balaban J connectivity index is 1.41. The quantitative estimate of drug-likeness (QED) is 0.364. The minimum atomic E-state index is -0.327. The molecule has 2 bridgehead atoms. The van der Waals surface area contributed by atoms with Gasteiger partial charge in [0.2, 0.25) is 0 Å². The standard InChI is InChI=1S/C25H33NO6/c1-15(27)29-12-4-5-13-30-21-9-7-18-19-14-17-6-8-20(31-16(2)28)23-22(17)25(18,24(21)32-23)10-11-26(19)3/h6,8,18-19,21,24H,4-5,7,9-14H2,1-3H3/t18-,19+,21?,24?,25-/m0/s1. The molecule has 0 radical (unpaired) electrons. The molecule has 1 saturated heterocycles. The van der Waals surface area contributed by atoms with Crippen LogP contribution in [0.25, 0.3) is 0 Å². The lowest BCUT2D eigenvalue weighted by Crippen LogP contribution is -2.66. The lowest BCUT2D eigenvalue weighted by Gasteiger charge is -2.58. The molecule has 2 heterocycles. The van der Waals surface area contributed by atoms with Crippen molar-refractivity contribution in [1.29, 1.82) is 0 Å². The summed E-state index contributed by atoms with van der Waals surface area (Å²) >= 11 is 0. The molecule has 1 aromatic rings. The lowest BCUT2D eigenvalue weighted by molar-refractivity contribution is -0.141. The van der Waals surface area contributed by atoms with Crippen molar-refractivity contribution in [1.82, 2.24) is 4.90 Å². The number of carbonyl (C=O) groups excluding carboxylic acids is 2. The number of likely N-dealkylation sites (tertiary alicyclic amines) is 1. The molecule has 7 nitrogen and oxygen atoms in total. The van der Waals surface area contributed by atoms with Crippen molar-refractivity contribution in [3.63, 3.8) is 0 Å². The van der Waals surface area contributed by atoms with Crippen LogP contribution in [0.5, 0.6) is 11.5 Å². The molecule has 5 atom stereocenters. The van der Waals surface area contributed by atoms with Gasteiger partial charge in [-0.15, -0.1) is 0 Å². The van der Waals surface area contributed by atoms with Crippen LogP contribution in [0.2, 0.25) is 0 Å². The Morgan fingerprint density at radius 1 is 1.16 bits per heavy atom. The predicted molar refractivity (Wildman–Crippen MR) is 117 cm³/mol. The van der Waals surface area contributed by atoms with Crippen LogP contribution in [-0.4, -0.2) is 61.9 Å². The van der Waals surface area contributed by atoms with Gasteiger partial charge in [0.25, 0.3) is 0 Å². The second-order valence-electron chi connectivity index (χ2n) is 9.74. The smallest absolute Gasteiger partial charge is 0.308 e. The van der Waals surface area contributed by atoms with Crippen LogP contribution >= 0.6 is 0 Å². The van der Waals surface area contributed by atoms with Gasteiger partial charge in [0.15, 0.2) is 11.5 Å². The zero-order chi connectivity index (χ0) is 22.5. The Bertz CT molecular complexity index is 916. The Hall–Kier alpha value is -2.12. The molecular weight excluding hydrogens is 410 g/mol. The molecule has 4 aliphatic rings. The van der Waals surface area contributed by atoms with Crippen LogP contribution in [0, 0.1) is 5.92 Å². The monoisotopic (exact) mass is 443 g/mol. The number of ether oxygens (including phenoxy) is 4. The third-order valence-electron chi connectivity index (χ3n) is 7.95. The number of likely N-dealkylation sites (N-methyl/N-ethyl adjacent to an activating group) is 1. The summed E-state index contributed by atoms with van der Waals surface area (Å²) in [6.07, 6.45) is 5.72. The number of hydrogen-bond donors (Lipinski definition) is 0. The van der Waals surface area contributed by atoms with Crippen LogP contribution < -0.4 is 9.47 Å². The van der Waals surface area contributed by atoms with Crippen molar-refractivity contribution in [2.45, 2.75) is 76.0 Å². The van der Waals surface area contributed by atoms with Crippen LogP contribution in [0.4, 0.5) is 0 Å². The van der Waals surface area contributed by atoms with Gasteiger partial charge in [-0.1, -0.05) is 6.07 Å². The predicted octanol–water partition coefficient (Wildman–Crippen LogP) is 3.01. The van der Waals surface area contributed by atoms with Gasteiger partial charge in [0.1, 0.15) is 6.10 Å². The highest BCUT2D eigenvalue weighted by atomic mass is 16.6. The van der Waals surface area contributed by atoms with E-state index in [1.165, 1.54) is 25.0 Å². The Morgan fingerprint density at radius 2 is 1.97 bits per heavy atom. The first-order chi connectivity index (χ1) is 15.4. The molecule has 174 valence electrons. The van der Waals surface area contributed by atoms with Crippen molar-refractivity contribution < 1.29 is 28.5 Å². The second kappa shape index (κ2) is 8.34. The molecule has 32 heavy (non-hydrogen) atoms. The number of esters is 2. The highest BCUT2D eigenvalue weighted by Crippen LogP contribution is 2.64. The fourth-order valence-corrected chi connectivity index (χ4v) is 6.74. The van der Waals surface area contributed by atoms with Gasteiger partial charge in [-0.2, -0.15) is 0 Å². The number of nitrogens with zero attached hydrogens (tertiary/aromatic N) is 1. The van der Waals surface area contributed by atoms with E-state index in [9.17, 15) is 9.59 Å². The Kier molecular flexibility index (Phi) is 5.66. The summed E-state index contributed by atoms with van der Waals surface area (Å²) in [5, 5.41) is 0. The second-order valence-corrected chi connectivity index (χ2v) is 9.74. The number of unbranched alkanes of at least 4 members (excludes halogenated alkanes) is 1. The van der Waals surface area contributed by atoms with E-state index >= 15 is 0 Å². The van der Waals surface area contributed by atoms with E-state index in [2.05, 4.69) is 18.0 Å². The van der Waals surface area contributed by atoms with Crippen LogP contribution in [0.3, 0.4) is 0 Å². The maximum Gasteiger partial charge on any atom is 0.308 e. The van der Waals surface area contributed by atoms with Crippen molar-refractivity contribution in [2.75, 3.05) is 26.8 Å². The van der Waals surface area contributed by atoms with Gasteiger partial charge in [-0.25, -0.2) is 0 Å². The van der Waals surface area contributed by atoms with E-state index in [-0.39, 0.29) is 29.6 Å². The van der Waals surface area contributed by atoms with E-state index < -0.39 is 0 Å². The molecule has 5 rings (SSSR count). The summed E-state index contributed by atoms with van der Waals surface area (Å²) < 4.78 is 23.7. The first kappa shape index (κ1) is 21.7. The first-order valence-corrected chi connectivity index (χ1v) is 11.9. The minimum Gasteiger partial charge on any atom is -0.483 e. The summed E-state index contributed by atoms with van der Waals surface area (Å²) in [6.45, 7) is 4.95. The molecule has 2 aliphatic carbocycles. The molecule has 1 aromatic carbocycles. The molecule has 1 saturated carbocycles. The van der Waals surface area contributed by atoms with Crippen molar-refractivity contribution in [2.24, 2.45) is 5.92 Å². The molecule has 2 fully saturated rings. The van der Waals surface area contributed by atoms with Crippen LogP contribution in [0.15, 0.2) is 12.1 Å². The maximum absolute atomic E-state index is 11.7. The third kappa shape index (κ3) is 3.41. The summed E-state index contributed by atoms with van der Waals surface area (Å²) in [7, 11) is 2.24. The fourth-order valence-electron chi connectivity index (χ4n) is 6.74. The minimum absolute atomic E-state index is 0.00700. The molecule has 0 amide bonds. The van der Waals surface area contributed by atoms with Gasteiger partial charge in [0.05, 0.1) is 12.7 Å². The van der Waals surface area contributed by atoms with Gasteiger partial charge < -0.3 is 23.8 Å². The number of carbonyl (C=O) groups is 2. The highest BCUT2D eigenvalue weighted by Gasteiger charge is 2.65. The van der Waals surface area contributed by atoms with E-state index in [0.717, 1.165) is 50.8 Å². The molecule has 2 unspecified atom stereocenters. The van der Waals surface area contributed by atoms with Crippen LogP contribution in [-0.2, 0) is 30.9 Å². The maximum atomic E-state index is 11.7. The zero-order valence-corrected chi connectivity index (χ0v) is 19.2. The summed E-state index contributed by atoms with van der Waals surface area (Å²) in [6, 6.07) is 4.54. The summed E-state index contributed by atoms with van der Waals surface area (Å²) in [5.41, 5.74) is 2.53. The first-order valence-electron chi connectivity index (χ1n) is 11.9. The Labute approximate surface area is 189 Å². The van der Waals surface area contributed by atoms with Gasteiger partial charge in [0, 0.05) is 37.5 Å². The number of piperidine rings is 1. The van der Waals surface area contributed by atoms with Gasteiger partial charge in [-0.05, 0) is 69.7 Å². The van der Waals surface area contributed by atoms with Gasteiger partial charge in [-0.3, -0.25) is 9.59 Å². The highest BCUT2D eigenvalue weighted by molar-refractivity contribution is 5.72. The van der Waals surface area contributed by atoms with Crippen molar-refractivity contribution in [3.05, 3.63) is 23.3 Å². The Morgan fingerprint density at radius 3 is 2.75 bits per heavy atom. The topological polar surface area (TPSA) is 74.3 Å². The largest absolute Gasteiger partial charge is 0.483 e. The van der Waals surface area contributed by atoms with Gasteiger partial charge >= 0.3 is 11.9 Å². The molecule has 1 spiro atoms. The normalized spacial score (nSPS) is 32.1. The summed E-state index contributed by atoms with van der Waals surface area (Å²) in [5.74, 6) is 1.26. The SMILES string of the molecule is CC(=O)OCCCCOC1CC[C@H]2[C@H]3Cc4ccc(OC(C)=O)c5c4[C@@]2(CCN3C)C1O5.